The lowest BCUT2D eigenvalue weighted by molar-refractivity contribution is 0.0991. The molecule has 1 fully saturated rings. The summed E-state index contributed by atoms with van der Waals surface area (Å²) in [4.78, 5) is 14.7. The van der Waals surface area contributed by atoms with Gasteiger partial charge in [-0.15, -0.1) is 0 Å². The van der Waals surface area contributed by atoms with E-state index < -0.39 is 0 Å². The predicted octanol–water partition coefficient (Wildman–Crippen LogP) is 5.29. The van der Waals surface area contributed by atoms with Crippen molar-refractivity contribution in [3.05, 3.63) is 64.9 Å². The quantitative estimate of drug-likeness (QED) is 0.297. The lowest BCUT2D eigenvalue weighted by atomic mass is 10.2. The van der Waals surface area contributed by atoms with E-state index in [4.69, 9.17) is 21.1 Å². The summed E-state index contributed by atoms with van der Waals surface area (Å²) in [6.45, 7) is 1.12. The van der Waals surface area contributed by atoms with Gasteiger partial charge in [-0.2, -0.15) is 5.10 Å². The van der Waals surface area contributed by atoms with Crippen molar-refractivity contribution >= 4 is 45.8 Å². The molecule has 1 aromatic heterocycles. The molecule has 2 aromatic carbocycles. The Morgan fingerprint density at radius 1 is 1.16 bits per heavy atom. The summed E-state index contributed by atoms with van der Waals surface area (Å²) in [5, 5.41) is 5.17. The van der Waals surface area contributed by atoms with Crippen LogP contribution in [-0.2, 0) is 6.54 Å². The minimum Gasteiger partial charge on any atom is -0.493 e. The van der Waals surface area contributed by atoms with Gasteiger partial charge in [-0.25, -0.2) is 4.68 Å². The molecule has 2 heterocycles. The van der Waals surface area contributed by atoms with Crippen molar-refractivity contribution in [2.45, 2.75) is 23.3 Å². The molecule has 1 unspecified atom stereocenters. The van der Waals surface area contributed by atoms with Gasteiger partial charge in [0.2, 0.25) is 0 Å². The van der Waals surface area contributed by atoms with E-state index in [1.165, 1.54) is 12.8 Å². The summed E-state index contributed by atoms with van der Waals surface area (Å²) in [7, 11) is 1.62. The number of methoxy groups -OCH3 is 1. The van der Waals surface area contributed by atoms with Crippen molar-refractivity contribution in [2.75, 3.05) is 18.6 Å². The Bertz CT molecular complexity index is 1130. The van der Waals surface area contributed by atoms with Gasteiger partial charge in [0.25, 0.3) is 5.91 Å². The number of rotatable bonds is 7. The van der Waals surface area contributed by atoms with Crippen LogP contribution in [0.25, 0.3) is 5.69 Å². The number of amides is 1. The summed E-state index contributed by atoms with van der Waals surface area (Å²) in [6.07, 6.45) is 4.47. The van der Waals surface area contributed by atoms with Crippen LogP contribution in [0.1, 0.15) is 28.9 Å². The predicted molar refractivity (Wildman–Crippen MR) is 128 cm³/mol. The molecule has 1 aliphatic heterocycles. The second-order valence-corrected chi connectivity index (χ2v) is 9.85. The van der Waals surface area contributed by atoms with Crippen molar-refractivity contribution in [2.24, 2.45) is 5.92 Å². The highest BCUT2D eigenvalue weighted by molar-refractivity contribution is 14.1. The van der Waals surface area contributed by atoms with Gasteiger partial charge >= 0.3 is 0 Å². The van der Waals surface area contributed by atoms with Crippen molar-refractivity contribution in [3.63, 3.8) is 0 Å². The first kappa shape index (κ1) is 20.6. The molecule has 6 nitrogen and oxygen atoms in total. The van der Waals surface area contributed by atoms with Gasteiger partial charge in [0.15, 0.2) is 17.2 Å². The number of carbonyl (C=O) groups excluding carboxylic acids is 1. The van der Waals surface area contributed by atoms with E-state index >= 15 is 0 Å². The van der Waals surface area contributed by atoms with E-state index in [0.717, 1.165) is 22.9 Å². The maximum Gasteiger partial charge on any atom is 0.279 e. The molecule has 1 aliphatic carbocycles. The van der Waals surface area contributed by atoms with Crippen LogP contribution >= 0.6 is 34.2 Å². The summed E-state index contributed by atoms with van der Waals surface area (Å²) >= 11 is 8.42. The number of nitrogens with zero attached hydrogens (tertiary/aromatic N) is 3. The van der Waals surface area contributed by atoms with E-state index in [1.807, 2.05) is 36.5 Å². The minimum absolute atomic E-state index is 0.125. The summed E-state index contributed by atoms with van der Waals surface area (Å²) in [5.74, 6) is 1.97. The molecule has 0 bridgehead atoms. The summed E-state index contributed by atoms with van der Waals surface area (Å²) < 4.78 is 13.8. The molecule has 2 aliphatic rings. The molecule has 1 amide bonds. The second-order valence-electron chi connectivity index (χ2n) is 7.81. The van der Waals surface area contributed by atoms with Crippen molar-refractivity contribution < 1.29 is 14.3 Å². The highest BCUT2D eigenvalue weighted by atomic mass is 127. The molecular weight excluding hydrogens is 529 g/mol. The van der Waals surface area contributed by atoms with E-state index in [0.29, 0.717) is 39.3 Å². The topological polar surface area (TPSA) is 56.6 Å². The number of aromatic nitrogens is 2. The molecule has 0 saturated heterocycles. The molecule has 0 radical (unpaired) electrons. The number of ether oxygens (including phenoxy) is 2. The molecule has 8 heteroatoms. The number of benzene rings is 2. The first-order chi connectivity index (χ1) is 15.0. The van der Waals surface area contributed by atoms with Gasteiger partial charge in [0, 0.05) is 32.5 Å². The Morgan fingerprint density at radius 3 is 2.58 bits per heavy atom. The number of hydrogen-bond donors (Lipinski definition) is 0. The maximum atomic E-state index is 13.0. The number of fused-ring (bicyclic) bond motifs is 1. The highest BCUT2D eigenvalue weighted by Gasteiger charge is 2.33. The van der Waals surface area contributed by atoms with Crippen LogP contribution in [0.15, 0.2) is 48.7 Å². The van der Waals surface area contributed by atoms with Gasteiger partial charge in [-0.1, -0.05) is 34.2 Å². The van der Waals surface area contributed by atoms with Gasteiger partial charge in [-0.05, 0) is 55.2 Å². The number of carbonyl (C=O) groups is 1. The van der Waals surface area contributed by atoms with Crippen LogP contribution in [-0.4, -0.2) is 33.3 Å². The monoisotopic (exact) mass is 549 g/mol. The lowest BCUT2D eigenvalue weighted by Crippen LogP contribution is -2.24. The van der Waals surface area contributed by atoms with Gasteiger partial charge < -0.3 is 14.4 Å². The molecule has 0 spiro atoms. The van der Waals surface area contributed by atoms with Crippen LogP contribution in [0.5, 0.6) is 11.5 Å². The smallest absolute Gasteiger partial charge is 0.279 e. The molecular formula is C23H21ClIN3O3. The molecule has 31 heavy (non-hydrogen) atoms. The minimum atomic E-state index is -0.125. The Labute approximate surface area is 199 Å². The van der Waals surface area contributed by atoms with E-state index in [-0.39, 0.29) is 5.91 Å². The first-order valence-corrected chi connectivity index (χ1v) is 11.8. The number of hydrogen-bond acceptors (Lipinski definition) is 4. The average Bonchev–Trinajstić information content (AvgIpc) is 3.48. The molecule has 160 valence electrons. The fourth-order valence-electron chi connectivity index (χ4n) is 3.72. The summed E-state index contributed by atoms with van der Waals surface area (Å²) in [6, 6.07) is 13.0. The van der Waals surface area contributed by atoms with Gasteiger partial charge in [0.05, 0.1) is 19.3 Å². The van der Waals surface area contributed by atoms with E-state index in [2.05, 4.69) is 27.7 Å². The zero-order valence-electron chi connectivity index (χ0n) is 16.9. The van der Waals surface area contributed by atoms with Crippen molar-refractivity contribution in [1.82, 2.24) is 9.78 Å². The molecule has 1 saturated carbocycles. The third-order valence-corrected chi connectivity index (χ3v) is 7.28. The number of halogens is 2. The fourth-order valence-corrected chi connectivity index (χ4v) is 4.74. The molecule has 0 N–H and O–H groups in total. The Balaban J connectivity index is 1.33. The third-order valence-electron chi connectivity index (χ3n) is 5.65. The number of alkyl halides is 1. The van der Waals surface area contributed by atoms with Crippen LogP contribution in [0.3, 0.4) is 0 Å². The standard InChI is InChI=1S/C23H21ClIN3O3/c1-30-21-10-18(8-9-20(21)31-13-19(25)14-2-3-14)27-11-15-12-28(26-22(15)23(27)29)17-6-4-16(24)5-7-17/h4-10,12,14,19H,2-3,11,13H2,1H3. The van der Waals surface area contributed by atoms with Gasteiger partial charge in [-0.3, -0.25) is 4.79 Å². The first-order valence-electron chi connectivity index (χ1n) is 10.1. The van der Waals surface area contributed by atoms with Crippen molar-refractivity contribution in [1.29, 1.82) is 0 Å². The maximum absolute atomic E-state index is 13.0. The zero-order chi connectivity index (χ0) is 21.5. The average molecular weight is 550 g/mol. The number of anilines is 1. The normalized spacial score (nSPS) is 16.4. The fraction of sp³-hybridized carbons (Fsp3) is 0.304. The van der Waals surface area contributed by atoms with Crippen LogP contribution < -0.4 is 14.4 Å². The molecule has 1 atom stereocenters. The zero-order valence-corrected chi connectivity index (χ0v) is 19.8. The van der Waals surface area contributed by atoms with E-state index in [1.54, 1.807) is 28.8 Å². The summed E-state index contributed by atoms with van der Waals surface area (Å²) in [5.41, 5.74) is 2.97. The van der Waals surface area contributed by atoms with Crippen LogP contribution in [0, 0.1) is 5.92 Å². The van der Waals surface area contributed by atoms with Crippen LogP contribution in [0.2, 0.25) is 5.02 Å². The Morgan fingerprint density at radius 2 is 1.90 bits per heavy atom. The van der Waals surface area contributed by atoms with E-state index in [9.17, 15) is 4.79 Å². The third kappa shape index (κ3) is 4.13. The largest absolute Gasteiger partial charge is 0.493 e. The van der Waals surface area contributed by atoms with Crippen LogP contribution in [0.4, 0.5) is 5.69 Å². The van der Waals surface area contributed by atoms with Gasteiger partial charge in [0.1, 0.15) is 6.61 Å². The molecule has 5 rings (SSSR count). The second kappa shape index (κ2) is 8.35. The Hall–Kier alpha value is -2.26. The Kier molecular flexibility index (Phi) is 5.56. The highest BCUT2D eigenvalue weighted by Crippen LogP contribution is 2.39. The SMILES string of the molecule is COc1cc(N2Cc3cn(-c4ccc(Cl)cc4)nc3C2=O)ccc1OCC(I)C1CC1. The molecule has 3 aromatic rings. The lowest BCUT2D eigenvalue weighted by Gasteiger charge is -2.19. The van der Waals surface area contributed by atoms with Crippen molar-refractivity contribution in [3.8, 4) is 17.2 Å².